The molecule has 2 N–H and O–H groups in total. The fraction of sp³-hybridized carbons (Fsp3) is 0.562. The van der Waals surface area contributed by atoms with E-state index in [2.05, 4.69) is 10.6 Å². The van der Waals surface area contributed by atoms with Crippen molar-refractivity contribution in [2.45, 2.75) is 25.8 Å². The summed E-state index contributed by atoms with van der Waals surface area (Å²) in [5.41, 5.74) is 0. The maximum absolute atomic E-state index is 11.7. The molecule has 0 heterocycles. The van der Waals surface area contributed by atoms with Crippen molar-refractivity contribution in [3.8, 4) is 5.75 Å². The highest BCUT2D eigenvalue weighted by Crippen LogP contribution is 2.07. The number of benzene rings is 1. The quantitative estimate of drug-likeness (QED) is 0.609. The first kappa shape index (κ1) is 17.5. The lowest BCUT2D eigenvalue weighted by Crippen LogP contribution is -2.43. The number of para-hydroxylation sites is 1. The Balaban J connectivity index is 2.02. The van der Waals surface area contributed by atoms with Gasteiger partial charge in [-0.1, -0.05) is 18.2 Å². The third-order valence-corrected chi connectivity index (χ3v) is 3.00. The normalized spacial score (nSPS) is 11.9. The van der Waals surface area contributed by atoms with E-state index < -0.39 is 0 Å². The van der Waals surface area contributed by atoms with Crippen LogP contribution >= 0.6 is 0 Å². The summed E-state index contributed by atoms with van der Waals surface area (Å²) in [7, 11) is 1.66. The van der Waals surface area contributed by atoms with Gasteiger partial charge in [0.05, 0.1) is 12.6 Å². The number of carbonyl (C=O) groups excluding carboxylic acids is 1. The second-order valence-corrected chi connectivity index (χ2v) is 4.83. The van der Waals surface area contributed by atoms with Crippen molar-refractivity contribution < 1.29 is 14.3 Å². The van der Waals surface area contributed by atoms with Gasteiger partial charge in [-0.2, -0.15) is 0 Å². The lowest BCUT2D eigenvalue weighted by molar-refractivity contribution is -0.122. The highest BCUT2D eigenvalue weighted by molar-refractivity contribution is 5.81. The predicted octanol–water partition coefficient (Wildman–Crippen LogP) is 1.59. The smallest absolute Gasteiger partial charge is 0.236 e. The predicted molar refractivity (Wildman–Crippen MR) is 83.5 cm³/mol. The molecule has 21 heavy (non-hydrogen) atoms. The minimum Gasteiger partial charge on any atom is -0.494 e. The molecule has 1 amide bonds. The fourth-order valence-corrected chi connectivity index (χ4v) is 1.77. The first-order valence-corrected chi connectivity index (χ1v) is 7.42. The zero-order chi connectivity index (χ0) is 15.3. The number of nitrogens with one attached hydrogen (secondary N) is 2. The largest absolute Gasteiger partial charge is 0.494 e. The Labute approximate surface area is 127 Å². The maximum atomic E-state index is 11.7. The van der Waals surface area contributed by atoms with E-state index in [0.717, 1.165) is 25.1 Å². The summed E-state index contributed by atoms with van der Waals surface area (Å²) in [6.07, 6.45) is 1.69. The third-order valence-electron chi connectivity index (χ3n) is 3.00. The summed E-state index contributed by atoms with van der Waals surface area (Å²) >= 11 is 0. The van der Waals surface area contributed by atoms with Gasteiger partial charge in [-0.3, -0.25) is 4.79 Å². The Morgan fingerprint density at radius 1 is 1.14 bits per heavy atom. The summed E-state index contributed by atoms with van der Waals surface area (Å²) in [4.78, 5) is 11.7. The summed E-state index contributed by atoms with van der Waals surface area (Å²) < 4.78 is 10.5. The molecule has 0 aliphatic carbocycles. The lowest BCUT2D eigenvalue weighted by atomic mass is 10.3. The van der Waals surface area contributed by atoms with E-state index in [1.807, 2.05) is 37.3 Å². The van der Waals surface area contributed by atoms with Crippen molar-refractivity contribution in [3.05, 3.63) is 30.3 Å². The highest BCUT2D eigenvalue weighted by atomic mass is 16.5. The van der Waals surface area contributed by atoms with Gasteiger partial charge in [0.1, 0.15) is 5.75 Å². The van der Waals surface area contributed by atoms with Gasteiger partial charge in [0, 0.05) is 20.3 Å². The number of hydrogen-bond donors (Lipinski definition) is 2. The minimum atomic E-state index is -0.190. The Morgan fingerprint density at radius 2 is 1.86 bits per heavy atom. The van der Waals surface area contributed by atoms with Crippen molar-refractivity contribution in [1.82, 2.24) is 10.6 Å². The van der Waals surface area contributed by atoms with Gasteiger partial charge >= 0.3 is 0 Å². The number of amides is 1. The van der Waals surface area contributed by atoms with Crippen LogP contribution in [0.25, 0.3) is 0 Å². The summed E-state index contributed by atoms with van der Waals surface area (Å²) in [6.45, 7) is 4.57. The molecule has 0 aliphatic rings. The van der Waals surface area contributed by atoms with Crippen LogP contribution in [0.3, 0.4) is 0 Å². The zero-order valence-electron chi connectivity index (χ0n) is 12.9. The Kier molecular flexibility index (Phi) is 9.24. The van der Waals surface area contributed by atoms with E-state index in [9.17, 15) is 4.79 Å². The van der Waals surface area contributed by atoms with E-state index >= 15 is 0 Å². The molecular weight excluding hydrogens is 268 g/mol. The number of hydrogen-bond acceptors (Lipinski definition) is 4. The van der Waals surface area contributed by atoms with E-state index in [4.69, 9.17) is 9.47 Å². The molecule has 0 aliphatic heterocycles. The van der Waals surface area contributed by atoms with Crippen LogP contribution in [0.2, 0.25) is 0 Å². The molecule has 0 saturated carbocycles. The van der Waals surface area contributed by atoms with Crippen LogP contribution in [0.5, 0.6) is 5.75 Å². The van der Waals surface area contributed by atoms with Crippen LogP contribution in [0.15, 0.2) is 30.3 Å². The molecule has 1 atom stereocenters. The van der Waals surface area contributed by atoms with Gasteiger partial charge < -0.3 is 20.1 Å². The van der Waals surface area contributed by atoms with E-state index in [-0.39, 0.29) is 11.9 Å². The molecule has 0 aromatic heterocycles. The van der Waals surface area contributed by atoms with Gasteiger partial charge in [-0.25, -0.2) is 0 Å². The van der Waals surface area contributed by atoms with Crippen LogP contribution < -0.4 is 15.4 Å². The molecule has 118 valence electrons. The number of rotatable bonds is 11. The van der Waals surface area contributed by atoms with Gasteiger partial charge in [0.25, 0.3) is 0 Å². The SMILES string of the molecule is COCCCNC(=O)C(C)NCCCOc1ccccc1. The van der Waals surface area contributed by atoms with E-state index in [1.54, 1.807) is 7.11 Å². The maximum Gasteiger partial charge on any atom is 0.236 e. The van der Waals surface area contributed by atoms with Gasteiger partial charge in [0.2, 0.25) is 5.91 Å². The molecule has 5 heteroatoms. The number of carbonyl (C=O) groups is 1. The number of methoxy groups -OCH3 is 1. The van der Waals surface area contributed by atoms with Crippen LogP contribution in [0, 0.1) is 0 Å². The number of ether oxygens (including phenoxy) is 2. The van der Waals surface area contributed by atoms with Gasteiger partial charge in [-0.15, -0.1) is 0 Å². The summed E-state index contributed by atoms with van der Waals surface area (Å²) in [5, 5.41) is 6.06. The van der Waals surface area contributed by atoms with E-state index in [1.165, 1.54) is 0 Å². The molecule has 0 fully saturated rings. The average Bonchev–Trinajstić information content (AvgIpc) is 2.52. The Hall–Kier alpha value is -1.59. The molecule has 1 aromatic rings. The van der Waals surface area contributed by atoms with Crippen molar-refractivity contribution in [1.29, 1.82) is 0 Å². The minimum absolute atomic E-state index is 0.0232. The van der Waals surface area contributed by atoms with Crippen LogP contribution in [0.1, 0.15) is 19.8 Å². The topological polar surface area (TPSA) is 59.6 Å². The lowest BCUT2D eigenvalue weighted by Gasteiger charge is -2.14. The molecule has 1 unspecified atom stereocenters. The van der Waals surface area contributed by atoms with Gasteiger partial charge in [-0.05, 0) is 38.4 Å². The second-order valence-electron chi connectivity index (χ2n) is 4.83. The Bertz CT molecular complexity index is 384. The standard InChI is InChI=1S/C16H26N2O3/c1-14(16(19)18-11-6-12-20-2)17-10-7-13-21-15-8-4-3-5-9-15/h3-5,8-9,14,17H,6-7,10-13H2,1-2H3,(H,18,19). The molecule has 5 nitrogen and oxygen atoms in total. The van der Waals surface area contributed by atoms with Crippen molar-refractivity contribution in [2.75, 3.05) is 33.4 Å². The third kappa shape index (κ3) is 8.32. The summed E-state index contributed by atoms with van der Waals surface area (Å²) in [6, 6.07) is 9.53. The molecule has 1 rings (SSSR count). The molecule has 0 bridgehead atoms. The van der Waals surface area contributed by atoms with Crippen LogP contribution in [0.4, 0.5) is 0 Å². The first-order valence-electron chi connectivity index (χ1n) is 7.42. The molecule has 1 aromatic carbocycles. The molecular formula is C16H26N2O3. The molecule has 0 saturated heterocycles. The van der Waals surface area contributed by atoms with Crippen LogP contribution in [-0.2, 0) is 9.53 Å². The molecule has 0 radical (unpaired) electrons. The second kappa shape index (κ2) is 11.1. The van der Waals surface area contributed by atoms with Crippen molar-refractivity contribution in [3.63, 3.8) is 0 Å². The van der Waals surface area contributed by atoms with Crippen molar-refractivity contribution >= 4 is 5.91 Å². The first-order chi connectivity index (χ1) is 10.2. The van der Waals surface area contributed by atoms with Crippen molar-refractivity contribution in [2.24, 2.45) is 0 Å². The summed E-state index contributed by atoms with van der Waals surface area (Å²) in [5.74, 6) is 0.900. The molecule has 0 spiro atoms. The van der Waals surface area contributed by atoms with Gasteiger partial charge in [0.15, 0.2) is 0 Å². The fourth-order valence-electron chi connectivity index (χ4n) is 1.77. The highest BCUT2D eigenvalue weighted by Gasteiger charge is 2.10. The monoisotopic (exact) mass is 294 g/mol. The zero-order valence-corrected chi connectivity index (χ0v) is 12.9. The average molecular weight is 294 g/mol. The van der Waals surface area contributed by atoms with Crippen LogP contribution in [-0.4, -0.2) is 45.4 Å². The van der Waals surface area contributed by atoms with E-state index in [0.29, 0.717) is 19.8 Å². The Morgan fingerprint density at radius 3 is 2.57 bits per heavy atom.